The number of thiazole rings is 1. The second-order valence-corrected chi connectivity index (χ2v) is 6.04. The highest BCUT2D eigenvalue weighted by Crippen LogP contribution is 2.26. The van der Waals surface area contributed by atoms with E-state index in [2.05, 4.69) is 5.32 Å². The van der Waals surface area contributed by atoms with Crippen molar-refractivity contribution in [2.75, 3.05) is 11.9 Å². The van der Waals surface area contributed by atoms with Crippen molar-refractivity contribution in [1.29, 1.82) is 0 Å². The summed E-state index contributed by atoms with van der Waals surface area (Å²) in [5, 5.41) is 4.52. The van der Waals surface area contributed by atoms with Gasteiger partial charge in [-0.1, -0.05) is 0 Å². The first-order chi connectivity index (χ1) is 9.31. The maximum atomic E-state index is 12.8. The Morgan fingerprint density at radius 3 is 2.74 bits per heavy atom. The molecule has 2 nitrogen and oxygen atoms in total. The van der Waals surface area contributed by atoms with Gasteiger partial charge >= 0.3 is 0 Å². The number of nitrogens with zero attached hydrogens (tertiary/aromatic N) is 1. The molecule has 0 bridgehead atoms. The summed E-state index contributed by atoms with van der Waals surface area (Å²) >= 11 is 1.86. The number of rotatable bonds is 4. The summed E-state index contributed by atoms with van der Waals surface area (Å²) in [5.41, 5.74) is 2.29. The van der Waals surface area contributed by atoms with E-state index in [9.17, 15) is 4.39 Å². The summed E-state index contributed by atoms with van der Waals surface area (Å²) in [6, 6.07) is 6.49. The molecule has 19 heavy (non-hydrogen) atoms. The van der Waals surface area contributed by atoms with Crippen molar-refractivity contribution in [3.05, 3.63) is 45.7 Å². The van der Waals surface area contributed by atoms with Crippen molar-refractivity contribution in [1.82, 2.24) is 4.98 Å². The van der Waals surface area contributed by atoms with Crippen LogP contribution in [0.1, 0.15) is 28.4 Å². The molecule has 0 spiro atoms. The molecule has 1 N–H and O–H groups in total. The number of aromatic nitrogens is 1. The van der Waals surface area contributed by atoms with Gasteiger partial charge in [-0.15, -0.1) is 11.3 Å². The van der Waals surface area contributed by atoms with Crippen LogP contribution in [0, 0.1) is 5.82 Å². The van der Waals surface area contributed by atoms with Gasteiger partial charge in [0.05, 0.1) is 10.7 Å². The van der Waals surface area contributed by atoms with E-state index in [0.717, 1.165) is 25.1 Å². The molecule has 0 saturated heterocycles. The number of benzene rings is 1. The molecule has 0 aliphatic heterocycles. The third kappa shape index (κ3) is 3.13. The minimum atomic E-state index is -0.196. The third-order valence-electron chi connectivity index (χ3n) is 3.40. The van der Waals surface area contributed by atoms with Crippen molar-refractivity contribution in [2.24, 2.45) is 0 Å². The summed E-state index contributed by atoms with van der Waals surface area (Å²) in [4.78, 5) is 6.20. The molecule has 100 valence electrons. The smallest absolute Gasteiger partial charge is 0.123 e. The van der Waals surface area contributed by atoms with Crippen LogP contribution in [0.2, 0.25) is 0 Å². The van der Waals surface area contributed by atoms with Crippen LogP contribution in [0.5, 0.6) is 0 Å². The fourth-order valence-corrected chi connectivity index (χ4v) is 3.55. The summed E-state index contributed by atoms with van der Waals surface area (Å²) in [7, 11) is 0. The predicted octanol–water partition coefficient (Wildman–Crippen LogP) is 3.82. The van der Waals surface area contributed by atoms with Crippen LogP contribution < -0.4 is 5.32 Å². The lowest BCUT2D eigenvalue weighted by molar-refractivity contribution is 0.628. The van der Waals surface area contributed by atoms with Gasteiger partial charge in [-0.3, -0.25) is 0 Å². The van der Waals surface area contributed by atoms with E-state index >= 15 is 0 Å². The van der Waals surface area contributed by atoms with Crippen molar-refractivity contribution in [3.8, 4) is 0 Å². The van der Waals surface area contributed by atoms with Crippen LogP contribution in [0.3, 0.4) is 0 Å². The van der Waals surface area contributed by atoms with Crippen LogP contribution in [-0.2, 0) is 19.3 Å². The summed E-state index contributed by atoms with van der Waals surface area (Å²) in [6.45, 7) is 0.845. The predicted molar refractivity (Wildman–Crippen MR) is 77.3 cm³/mol. The molecule has 1 aromatic carbocycles. The molecule has 0 fully saturated rings. The highest BCUT2D eigenvalue weighted by molar-refractivity contribution is 7.11. The highest BCUT2D eigenvalue weighted by atomic mass is 32.1. The summed E-state index contributed by atoms with van der Waals surface area (Å²) in [6.07, 6.45) is 5.89. The topological polar surface area (TPSA) is 24.9 Å². The number of hydrogen-bond acceptors (Lipinski definition) is 3. The van der Waals surface area contributed by atoms with Gasteiger partial charge in [-0.05, 0) is 49.9 Å². The minimum Gasteiger partial charge on any atom is -0.385 e. The molecule has 1 aliphatic carbocycles. The first-order valence-electron chi connectivity index (χ1n) is 6.78. The van der Waals surface area contributed by atoms with Crippen LogP contribution in [-0.4, -0.2) is 11.5 Å². The van der Waals surface area contributed by atoms with E-state index < -0.39 is 0 Å². The molecule has 0 atom stereocenters. The maximum Gasteiger partial charge on any atom is 0.123 e. The molecule has 0 radical (unpaired) electrons. The molecule has 1 heterocycles. The van der Waals surface area contributed by atoms with Crippen molar-refractivity contribution in [2.45, 2.75) is 32.1 Å². The molecule has 1 aromatic heterocycles. The Kier molecular flexibility index (Phi) is 3.78. The second kappa shape index (κ2) is 5.70. The number of fused-ring (bicyclic) bond motifs is 1. The number of halogens is 1. The molecule has 0 saturated carbocycles. The van der Waals surface area contributed by atoms with Crippen LogP contribution in [0.15, 0.2) is 24.3 Å². The van der Waals surface area contributed by atoms with E-state index in [-0.39, 0.29) is 5.82 Å². The lowest BCUT2D eigenvalue weighted by atomic mass is 10.0. The van der Waals surface area contributed by atoms with E-state index in [1.54, 1.807) is 12.1 Å². The minimum absolute atomic E-state index is 0.196. The lowest BCUT2D eigenvalue weighted by Gasteiger charge is -2.06. The van der Waals surface area contributed by atoms with Gasteiger partial charge in [0.15, 0.2) is 0 Å². The number of hydrogen-bond donors (Lipinski definition) is 1. The Labute approximate surface area is 116 Å². The van der Waals surface area contributed by atoms with Gasteiger partial charge in [0.2, 0.25) is 0 Å². The average Bonchev–Trinajstić information content (AvgIpc) is 2.83. The van der Waals surface area contributed by atoms with E-state index in [1.165, 1.54) is 47.0 Å². The lowest BCUT2D eigenvalue weighted by Crippen LogP contribution is -2.04. The molecular weight excluding hydrogens is 259 g/mol. The Hall–Kier alpha value is -1.42. The molecule has 1 aliphatic rings. The monoisotopic (exact) mass is 276 g/mol. The largest absolute Gasteiger partial charge is 0.385 e. The zero-order chi connectivity index (χ0) is 13.1. The molecule has 3 rings (SSSR count). The molecule has 2 aromatic rings. The van der Waals surface area contributed by atoms with Gasteiger partial charge in [0, 0.05) is 23.5 Å². The normalized spacial score (nSPS) is 14.2. The van der Waals surface area contributed by atoms with Crippen molar-refractivity contribution < 1.29 is 4.39 Å². The Morgan fingerprint density at radius 1 is 1.16 bits per heavy atom. The first-order valence-corrected chi connectivity index (χ1v) is 7.60. The zero-order valence-electron chi connectivity index (χ0n) is 10.8. The average molecular weight is 276 g/mol. The standard InChI is InChI=1S/C15H17FN2S/c16-11-5-7-12(8-6-11)17-10-9-15-18-13-3-1-2-4-14(13)19-15/h5-8,17H,1-4,9-10H2. The molecule has 0 unspecified atom stereocenters. The summed E-state index contributed by atoms with van der Waals surface area (Å²) in [5.74, 6) is -0.196. The maximum absolute atomic E-state index is 12.8. The molecular formula is C15H17FN2S. The third-order valence-corrected chi connectivity index (χ3v) is 4.62. The van der Waals surface area contributed by atoms with E-state index in [0.29, 0.717) is 0 Å². The fraction of sp³-hybridized carbons (Fsp3) is 0.400. The quantitative estimate of drug-likeness (QED) is 0.918. The SMILES string of the molecule is Fc1ccc(NCCc2nc3c(s2)CCCC3)cc1. The van der Waals surface area contributed by atoms with Gasteiger partial charge in [0.1, 0.15) is 5.82 Å². The van der Waals surface area contributed by atoms with Gasteiger partial charge in [-0.2, -0.15) is 0 Å². The van der Waals surface area contributed by atoms with Crippen LogP contribution in [0.4, 0.5) is 10.1 Å². The van der Waals surface area contributed by atoms with Crippen molar-refractivity contribution in [3.63, 3.8) is 0 Å². The first kappa shape index (κ1) is 12.6. The Morgan fingerprint density at radius 2 is 1.95 bits per heavy atom. The van der Waals surface area contributed by atoms with E-state index in [4.69, 9.17) is 4.98 Å². The summed E-state index contributed by atoms with van der Waals surface area (Å²) < 4.78 is 12.8. The molecule has 4 heteroatoms. The Bertz CT molecular complexity index is 524. The van der Waals surface area contributed by atoms with Gasteiger partial charge < -0.3 is 5.32 Å². The Balaban J connectivity index is 1.54. The number of anilines is 1. The van der Waals surface area contributed by atoms with Gasteiger partial charge in [-0.25, -0.2) is 9.37 Å². The number of nitrogens with one attached hydrogen (secondary N) is 1. The second-order valence-electron chi connectivity index (χ2n) is 4.87. The van der Waals surface area contributed by atoms with Crippen molar-refractivity contribution >= 4 is 17.0 Å². The van der Waals surface area contributed by atoms with E-state index in [1.807, 2.05) is 11.3 Å². The van der Waals surface area contributed by atoms with Gasteiger partial charge in [0.25, 0.3) is 0 Å². The van der Waals surface area contributed by atoms with Crippen LogP contribution in [0.25, 0.3) is 0 Å². The highest BCUT2D eigenvalue weighted by Gasteiger charge is 2.14. The fourth-order valence-electron chi connectivity index (χ4n) is 2.39. The zero-order valence-corrected chi connectivity index (χ0v) is 11.6. The number of aryl methyl sites for hydroxylation is 2. The van der Waals surface area contributed by atoms with Crippen LogP contribution >= 0.6 is 11.3 Å². The molecule has 0 amide bonds.